The molecule has 0 fully saturated rings. The third kappa shape index (κ3) is 3.15. The van der Waals surface area contributed by atoms with Gasteiger partial charge in [-0.3, -0.25) is 5.01 Å². The Bertz CT molecular complexity index is 907. The number of para-hydroxylation sites is 1. The number of nitrogens with zero attached hydrogens (tertiary/aromatic N) is 2. The van der Waals surface area contributed by atoms with E-state index in [9.17, 15) is 4.39 Å². The number of hydrogen-bond acceptors (Lipinski definition) is 2. The Morgan fingerprint density at radius 2 is 1.56 bits per heavy atom. The van der Waals surface area contributed by atoms with Gasteiger partial charge >= 0.3 is 0 Å². The molecule has 1 aliphatic heterocycles. The van der Waals surface area contributed by atoms with Crippen LogP contribution in [0.5, 0.6) is 0 Å². The fraction of sp³-hybridized carbons (Fsp3) is 0.0952. The lowest BCUT2D eigenvalue weighted by Gasteiger charge is -2.24. The quantitative estimate of drug-likeness (QED) is 0.579. The minimum Gasteiger partial charge on any atom is -0.254 e. The molecule has 0 aliphatic carbocycles. The fourth-order valence-electron chi connectivity index (χ4n) is 3.12. The van der Waals surface area contributed by atoms with Crippen molar-refractivity contribution in [3.63, 3.8) is 0 Å². The second kappa shape index (κ2) is 6.69. The van der Waals surface area contributed by atoms with Crippen molar-refractivity contribution in [2.75, 3.05) is 5.01 Å². The van der Waals surface area contributed by atoms with Gasteiger partial charge in [0, 0.05) is 11.4 Å². The van der Waals surface area contributed by atoms with Crippen molar-refractivity contribution in [3.05, 3.63) is 101 Å². The summed E-state index contributed by atoms with van der Waals surface area (Å²) in [5.41, 5.74) is 3.54. The fourth-order valence-corrected chi connectivity index (χ4v) is 3.25. The summed E-state index contributed by atoms with van der Waals surface area (Å²) in [4.78, 5) is 0. The van der Waals surface area contributed by atoms with Gasteiger partial charge in [-0.25, -0.2) is 4.39 Å². The molecule has 0 N–H and O–H groups in total. The van der Waals surface area contributed by atoms with Gasteiger partial charge in [-0.15, -0.1) is 0 Å². The van der Waals surface area contributed by atoms with Crippen molar-refractivity contribution in [1.29, 1.82) is 0 Å². The Kier molecular flexibility index (Phi) is 4.24. The average molecular weight is 351 g/mol. The van der Waals surface area contributed by atoms with E-state index < -0.39 is 0 Å². The van der Waals surface area contributed by atoms with Crippen LogP contribution in [0.2, 0.25) is 5.02 Å². The molecule has 1 heterocycles. The highest BCUT2D eigenvalue weighted by molar-refractivity contribution is 6.30. The zero-order valence-corrected chi connectivity index (χ0v) is 14.2. The maximum atomic E-state index is 14.4. The molecule has 3 aromatic rings. The lowest BCUT2D eigenvalue weighted by Crippen LogP contribution is -2.19. The molecule has 0 amide bonds. The van der Waals surface area contributed by atoms with Crippen molar-refractivity contribution in [3.8, 4) is 0 Å². The predicted octanol–water partition coefficient (Wildman–Crippen LogP) is 5.83. The number of hydrogen-bond donors (Lipinski definition) is 0. The largest absolute Gasteiger partial charge is 0.254 e. The van der Waals surface area contributed by atoms with Crippen LogP contribution < -0.4 is 5.01 Å². The highest BCUT2D eigenvalue weighted by atomic mass is 35.5. The molecule has 0 saturated carbocycles. The predicted molar refractivity (Wildman–Crippen MR) is 101 cm³/mol. The van der Waals surface area contributed by atoms with Gasteiger partial charge in [-0.1, -0.05) is 66.2 Å². The van der Waals surface area contributed by atoms with E-state index >= 15 is 0 Å². The maximum Gasteiger partial charge on any atom is 0.148 e. The van der Waals surface area contributed by atoms with E-state index in [2.05, 4.69) is 0 Å². The van der Waals surface area contributed by atoms with E-state index in [0.29, 0.717) is 17.1 Å². The van der Waals surface area contributed by atoms with Gasteiger partial charge in [0.1, 0.15) is 5.82 Å². The number of anilines is 1. The van der Waals surface area contributed by atoms with Crippen LogP contribution in [0.3, 0.4) is 0 Å². The Hall–Kier alpha value is -2.65. The number of rotatable bonds is 3. The van der Waals surface area contributed by atoms with E-state index in [1.807, 2.05) is 60.7 Å². The molecular formula is C21H16ClFN2. The third-order valence-corrected chi connectivity index (χ3v) is 4.62. The maximum absolute atomic E-state index is 14.4. The standard InChI is InChI=1S/C21H16ClFN2/c22-17-12-10-16(11-13-17)21-14-19(15-6-2-1-3-7-15)24-25(21)20-9-5-4-8-18(20)23/h1-13,21H,14H2/t21-/m0/s1. The first-order chi connectivity index (χ1) is 12.2. The summed E-state index contributed by atoms with van der Waals surface area (Å²) in [5, 5.41) is 7.21. The van der Waals surface area contributed by atoms with E-state index in [1.54, 1.807) is 17.1 Å². The second-order valence-electron chi connectivity index (χ2n) is 5.98. The molecule has 1 aliphatic rings. The van der Waals surface area contributed by atoms with Crippen molar-refractivity contribution in [2.24, 2.45) is 5.10 Å². The smallest absolute Gasteiger partial charge is 0.148 e. The van der Waals surface area contributed by atoms with E-state index in [1.165, 1.54) is 6.07 Å². The van der Waals surface area contributed by atoms with Gasteiger partial charge in [0.05, 0.1) is 17.4 Å². The van der Waals surface area contributed by atoms with Crippen LogP contribution in [0, 0.1) is 5.82 Å². The summed E-state index contributed by atoms with van der Waals surface area (Å²) in [5.74, 6) is -0.278. The zero-order valence-electron chi connectivity index (χ0n) is 13.4. The van der Waals surface area contributed by atoms with Gasteiger partial charge in [0.25, 0.3) is 0 Å². The van der Waals surface area contributed by atoms with Gasteiger partial charge in [-0.2, -0.15) is 5.10 Å². The summed E-state index contributed by atoms with van der Waals surface area (Å²) >= 11 is 6.02. The molecule has 3 aromatic carbocycles. The lowest BCUT2D eigenvalue weighted by atomic mass is 9.98. The minimum absolute atomic E-state index is 0.0654. The van der Waals surface area contributed by atoms with Crippen LogP contribution in [-0.4, -0.2) is 5.71 Å². The van der Waals surface area contributed by atoms with Crippen LogP contribution in [0.25, 0.3) is 0 Å². The number of halogens is 2. The summed E-state index contributed by atoms with van der Waals surface area (Å²) in [7, 11) is 0. The Labute approximate surface area is 151 Å². The highest BCUT2D eigenvalue weighted by Gasteiger charge is 2.31. The van der Waals surface area contributed by atoms with Gasteiger partial charge in [-0.05, 0) is 35.4 Å². The average Bonchev–Trinajstić information content (AvgIpc) is 3.09. The molecule has 0 radical (unpaired) electrons. The molecule has 1 atom stereocenters. The summed E-state index contributed by atoms with van der Waals surface area (Å²) < 4.78 is 14.4. The first-order valence-electron chi connectivity index (χ1n) is 8.14. The Morgan fingerprint density at radius 1 is 0.880 bits per heavy atom. The highest BCUT2D eigenvalue weighted by Crippen LogP contribution is 2.37. The lowest BCUT2D eigenvalue weighted by molar-refractivity contribution is 0.606. The molecule has 124 valence electrons. The first-order valence-corrected chi connectivity index (χ1v) is 8.52. The van der Waals surface area contributed by atoms with Gasteiger partial charge in [0.2, 0.25) is 0 Å². The number of hydrazone groups is 1. The first kappa shape index (κ1) is 15.9. The molecule has 2 nitrogen and oxygen atoms in total. The molecule has 0 spiro atoms. The molecule has 0 saturated heterocycles. The number of benzene rings is 3. The van der Waals surface area contributed by atoms with Crippen molar-refractivity contribution in [1.82, 2.24) is 0 Å². The van der Waals surface area contributed by atoms with E-state index in [0.717, 1.165) is 16.8 Å². The molecule has 0 bridgehead atoms. The Balaban J connectivity index is 1.78. The summed E-state index contributed by atoms with van der Waals surface area (Å²) in [6.45, 7) is 0. The Morgan fingerprint density at radius 3 is 2.28 bits per heavy atom. The van der Waals surface area contributed by atoms with Gasteiger partial charge in [0.15, 0.2) is 0 Å². The zero-order chi connectivity index (χ0) is 17.2. The monoisotopic (exact) mass is 350 g/mol. The van der Waals surface area contributed by atoms with Gasteiger partial charge < -0.3 is 0 Å². The van der Waals surface area contributed by atoms with Crippen LogP contribution in [0.4, 0.5) is 10.1 Å². The van der Waals surface area contributed by atoms with Crippen LogP contribution >= 0.6 is 11.6 Å². The minimum atomic E-state index is -0.278. The van der Waals surface area contributed by atoms with Crippen molar-refractivity contribution < 1.29 is 4.39 Å². The second-order valence-corrected chi connectivity index (χ2v) is 6.42. The van der Waals surface area contributed by atoms with E-state index in [4.69, 9.17) is 16.7 Å². The van der Waals surface area contributed by atoms with Crippen LogP contribution in [-0.2, 0) is 0 Å². The van der Waals surface area contributed by atoms with Crippen LogP contribution in [0.15, 0.2) is 84.0 Å². The topological polar surface area (TPSA) is 15.6 Å². The SMILES string of the molecule is Fc1ccccc1N1N=C(c2ccccc2)C[C@H]1c1ccc(Cl)cc1. The van der Waals surface area contributed by atoms with E-state index in [-0.39, 0.29) is 11.9 Å². The third-order valence-electron chi connectivity index (χ3n) is 4.37. The molecule has 0 aromatic heterocycles. The molecule has 4 rings (SSSR count). The van der Waals surface area contributed by atoms with Crippen molar-refractivity contribution >= 4 is 23.0 Å². The van der Waals surface area contributed by atoms with Crippen molar-refractivity contribution in [2.45, 2.75) is 12.5 Å². The molecular weight excluding hydrogens is 335 g/mol. The summed E-state index contributed by atoms with van der Waals surface area (Å²) in [6.07, 6.45) is 0.708. The molecule has 4 heteroatoms. The molecule has 0 unspecified atom stereocenters. The normalized spacial score (nSPS) is 16.8. The molecule has 25 heavy (non-hydrogen) atoms. The summed E-state index contributed by atoms with van der Waals surface area (Å²) in [6, 6.07) is 24.4. The van der Waals surface area contributed by atoms with Crippen LogP contribution in [0.1, 0.15) is 23.6 Å².